The van der Waals surface area contributed by atoms with E-state index in [1.54, 1.807) is 20.2 Å². The van der Waals surface area contributed by atoms with E-state index in [1.165, 1.54) is 35.5 Å². The van der Waals surface area contributed by atoms with Gasteiger partial charge in [-0.3, -0.25) is 0 Å². The standard InChI is InChI=1S/C19H45ClO14Si5/c1-21-35(7,12-10-27-14-18-16-29-18)31-36(8,22-2)33-39(25-5,26-6)34-37(9,23-3)32-38(20,24-4)13-11-28-15-19-17-30-19/h18-19H,10-17H2,1-9H3. The zero-order chi connectivity index (χ0) is 29.2. The number of hydrogen-bond donors (Lipinski definition) is 0. The van der Waals surface area contributed by atoms with Gasteiger partial charge in [0.25, 0.3) is 0 Å². The molecule has 0 N–H and O–H groups in total. The molecule has 2 aliphatic heterocycles. The van der Waals surface area contributed by atoms with E-state index in [0.29, 0.717) is 45.1 Å². The summed E-state index contributed by atoms with van der Waals surface area (Å²) in [4.78, 5) is 0. The maximum Gasteiger partial charge on any atom is 0.664 e. The highest BCUT2D eigenvalue weighted by Crippen LogP contribution is 2.31. The van der Waals surface area contributed by atoms with Crippen LogP contribution in [0.25, 0.3) is 0 Å². The fourth-order valence-corrected chi connectivity index (χ4v) is 20.9. The van der Waals surface area contributed by atoms with Crippen LogP contribution in [0.2, 0.25) is 31.7 Å². The van der Waals surface area contributed by atoms with Gasteiger partial charge in [0.05, 0.1) is 26.4 Å². The molecule has 0 aromatic carbocycles. The lowest BCUT2D eigenvalue weighted by molar-refractivity contribution is 0.0201. The van der Waals surface area contributed by atoms with E-state index in [2.05, 4.69) is 0 Å². The van der Waals surface area contributed by atoms with Crippen molar-refractivity contribution in [1.82, 2.24) is 0 Å². The maximum atomic E-state index is 6.76. The third kappa shape index (κ3) is 12.5. The molecule has 6 unspecified atom stereocenters. The van der Waals surface area contributed by atoms with E-state index >= 15 is 0 Å². The summed E-state index contributed by atoms with van der Waals surface area (Å²) in [5.74, 6) is 0. The van der Waals surface area contributed by atoms with Crippen LogP contribution in [0.1, 0.15) is 0 Å². The summed E-state index contributed by atoms with van der Waals surface area (Å²) in [7, 11) is -8.30. The molecule has 2 rings (SSSR count). The third-order valence-corrected chi connectivity index (χ3v) is 24.5. The van der Waals surface area contributed by atoms with Crippen molar-refractivity contribution in [3.63, 3.8) is 0 Å². The number of ether oxygens (including phenoxy) is 4. The molecule has 14 nitrogen and oxygen atoms in total. The van der Waals surface area contributed by atoms with E-state index in [-0.39, 0.29) is 12.2 Å². The molecule has 39 heavy (non-hydrogen) atoms. The first kappa shape index (κ1) is 36.0. The zero-order valence-electron chi connectivity index (χ0n) is 24.4. The van der Waals surface area contributed by atoms with Crippen molar-refractivity contribution in [2.75, 3.05) is 82.3 Å². The predicted molar refractivity (Wildman–Crippen MR) is 149 cm³/mol. The number of hydrogen-bond acceptors (Lipinski definition) is 14. The van der Waals surface area contributed by atoms with Gasteiger partial charge in [0.15, 0.2) is 0 Å². The second-order valence-electron chi connectivity index (χ2n) is 9.21. The smallest absolute Gasteiger partial charge is 0.398 e. The van der Waals surface area contributed by atoms with Gasteiger partial charge in [-0.2, -0.15) is 0 Å². The van der Waals surface area contributed by atoms with Gasteiger partial charge in [-0.1, -0.05) is 11.1 Å². The lowest BCUT2D eigenvalue weighted by Gasteiger charge is -2.41. The van der Waals surface area contributed by atoms with Crippen molar-refractivity contribution in [1.29, 1.82) is 0 Å². The van der Waals surface area contributed by atoms with Crippen LogP contribution in [-0.4, -0.2) is 138 Å². The summed E-state index contributed by atoms with van der Waals surface area (Å²) in [6.45, 7) is 8.49. The van der Waals surface area contributed by atoms with E-state index in [4.69, 9.17) is 73.0 Å². The highest BCUT2D eigenvalue weighted by Gasteiger charge is 2.61. The second-order valence-corrected chi connectivity index (χ2v) is 25.7. The topological polar surface area (TPSA) is 136 Å². The zero-order valence-corrected chi connectivity index (χ0v) is 30.2. The Balaban J connectivity index is 2.08. The summed E-state index contributed by atoms with van der Waals surface area (Å²) in [6, 6.07) is 0.862. The summed E-state index contributed by atoms with van der Waals surface area (Å²) in [5, 5.41) is 0. The van der Waals surface area contributed by atoms with Crippen LogP contribution < -0.4 is 0 Å². The number of rotatable bonds is 24. The Hall–Kier alpha value is 0.814. The van der Waals surface area contributed by atoms with Gasteiger partial charge in [0.2, 0.25) is 0 Å². The van der Waals surface area contributed by atoms with Gasteiger partial charge in [-0.15, -0.1) is 0 Å². The Morgan fingerprint density at radius 3 is 1.46 bits per heavy atom. The third-order valence-electron chi connectivity index (χ3n) is 6.00. The maximum absolute atomic E-state index is 6.76. The van der Waals surface area contributed by atoms with E-state index in [1.807, 2.05) is 6.55 Å². The second kappa shape index (κ2) is 16.0. The van der Waals surface area contributed by atoms with Gasteiger partial charge in [-0.05, 0) is 6.55 Å². The molecular formula is C19H45ClO14Si5. The highest BCUT2D eigenvalue weighted by molar-refractivity contribution is 7.15. The van der Waals surface area contributed by atoms with Crippen molar-refractivity contribution in [3.8, 4) is 0 Å². The quantitative estimate of drug-likeness (QED) is 0.0635. The predicted octanol–water partition coefficient (Wildman–Crippen LogP) is 1.58. The van der Waals surface area contributed by atoms with E-state index < -0.39 is 43.1 Å². The fourth-order valence-electron chi connectivity index (χ4n) is 3.20. The van der Waals surface area contributed by atoms with Crippen LogP contribution >= 0.6 is 11.1 Å². The minimum atomic E-state index is -3.97. The lowest BCUT2D eigenvalue weighted by Crippen LogP contribution is -2.66. The molecule has 2 heterocycles. The molecule has 0 amide bonds. The van der Waals surface area contributed by atoms with Crippen LogP contribution in [0.5, 0.6) is 0 Å². The molecule has 2 aliphatic rings. The Morgan fingerprint density at radius 1 is 0.615 bits per heavy atom. The molecule has 0 saturated carbocycles. The molecule has 2 saturated heterocycles. The normalized spacial score (nSPS) is 25.4. The van der Waals surface area contributed by atoms with Crippen molar-refractivity contribution >= 4 is 54.2 Å². The Labute approximate surface area is 242 Å². The van der Waals surface area contributed by atoms with Crippen LogP contribution in [0, 0.1) is 0 Å². The van der Waals surface area contributed by atoms with Crippen molar-refractivity contribution in [3.05, 3.63) is 0 Å². The first-order valence-corrected chi connectivity index (χ1v) is 24.2. The van der Waals surface area contributed by atoms with Crippen molar-refractivity contribution in [2.45, 2.75) is 43.9 Å². The summed E-state index contributed by atoms with van der Waals surface area (Å²) >= 11 is 6.76. The summed E-state index contributed by atoms with van der Waals surface area (Å²) in [5.41, 5.74) is 0. The highest BCUT2D eigenvalue weighted by atomic mass is 35.6. The van der Waals surface area contributed by atoms with Crippen molar-refractivity contribution < 1.29 is 62.0 Å². The van der Waals surface area contributed by atoms with Gasteiger partial charge in [0.1, 0.15) is 12.2 Å². The first-order chi connectivity index (χ1) is 18.3. The minimum absolute atomic E-state index is 0.142. The Kier molecular flexibility index (Phi) is 14.8. The summed E-state index contributed by atoms with van der Waals surface area (Å²) < 4.78 is 81.1. The van der Waals surface area contributed by atoms with Gasteiger partial charge < -0.3 is 62.0 Å². The van der Waals surface area contributed by atoms with Crippen LogP contribution in [0.4, 0.5) is 0 Å². The van der Waals surface area contributed by atoms with Crippen LogP contribution in [0.15, 0.2) is 0 Å². The van der Waals surface area contributed by atoms with Crippen LogP contribution in [0.3, 0.4) is 0 Å². The molecule has 0 aliphatic carbocycles. The molecule has 0 radical (unpaired) electrons. The lowest BCUT2D eigenvalue weighted by atomic mass is 10.5. The van der Waals surface area contributed by atoms with Gasteiger partial charge in [-0.25, -0.2) is 0 Å². The molecule has 0 spiro atoms. The Bertz CT molecular complexity index is 672. The van der Waals surface area contributed by atoms with Gasteiger partial charge in [0, 0.05) is 81.1 Å². The molecule has 2 fully saturated rings. The molecule has 0 bridgehead atoms. The molecule has 6 atom stereocenters. The Morgan fingerprint density at radius 2 is 1.08 bits per heavy atom. The van der Waals surface area contributed by atoms with Gasteiger partial charge >= 0.3 is 43.1 Å². The average molecular weight is 673 g/mol. The molecule has 0 aromatic rings. The molecule has 0 aromatic heterocycles. The van der Waals surface area contributed by atoms with Crippen molar-refractivity contribution in [2.24, 2.45) is 0 Å². The fraction of sp³-hybridized carbons (Fsp3) is 1.00. The SMILES string of the molecule is CO[Si](C)(CCOCC1CO1)O[Si](C)(OC)O[Si](OC)(OC)O[Si](C)(OC)O[Si](Cl)(CCOCC1CO1)OC. The number of epoxide rings is 2. The molecule has 232 valence electrons. The average Bonchev–Trinajstić information content (AvgIpc) is 3.85. The van der Waals surface area contributed by atoms with E-state index in [9.17, 15) is 0 Å². The van der Waals surface area contributed by atoms with Crippen LogP contribution in [-0.2, 0) is 62.0 Å². The number of halogens is 1. The monoisotopic (exact) mass is 672 g/mol. The minimum Gasteiger partial charge on any atom is -0.398 e. The summed E-state index contributed by atoms with van der Waals surface area (Å²) in [6.07, 6.45) is 0.318. The largest absolute Gasteiger partial charge is 0.664 e. The van der Waals surface area contributed by atoms with E-state index in [0.717, 1.165) is 6.61 Å². The molecule has 20 heteroatoms. The first-order valence-electron chi connectivity index (χ1n) is 12.5. The molecular weight excluding hydrogens is 628 g/mol.